The highest BCUT2D eigenvalue weighted by atomic mass is 35.5. The van der Waals surface area contributed by atoms with E-state index in [0.29, 0.717) is 29.3 Å². The van der Waals surface area contributed by atoms with E-state index in [1.165, 1.54) is 7.11 Å². The molecule has 4 heteroatoms. The van der Waals surface area contributed by atoms with Crippen molar-refractivity contribution in [3.05, 3.63) is 28.8 Å². The Morgan fingerprint density at radius 3 is 2.86 bits per heavy atom. The number of benzene rings is 1. The van der Waals surface area contributed by atoms with E-state index >= 15 is 0 Å². The zero-order chi connectivity index (χ0) is 10.6. The molecule has 3 nitrogen and oxygen atoms in total. The number of ether oxygens (including phenoxy) is 1. The summed E-state index contributed by atoms with van der Waals surface area (Å²) in [6, 6.07) is 5.28. The molecule has 14 heavy (non-hydrogen) atoms. The van der Waals surface area contributed by atoms with E-state index in [0.717, 1.165) is 0 Å². The van der Waals surface area contributed by atoms with E-state index in [9.17, 15) is 5.11 Å². The summed E-state index contributed by atoms with van der Waals surface area (Å²) in [7, 11) is 1.53. The van der Waals surface area contributed by atoms with Gasteiger partial charge in [0, 0.05) is 5.56 Å². The van der Waals surface area contributed by atoms with E-state index < -0.39 is 6.10 Å². The van der Waals surface area contributed by atoms with Crippen LogP contribution in [0.1, 0.15) is 18.1 Å². The molecule has 0 fully saturated rings. The van der Waals surface area contributed by atoms with Gasteiger partial charge in [0.1, 0.15) is 5.75 Å². The van der Waals surface area contributed by atoms with Gasteiger partial charge >= 0.3 is 0 Å². The predicted molar refractivity (Wildman–Crippen MR) is 56.6 cm³/mol. The lowest BCUT2D eigenvalue weighted by Crippen LogP contribution is -2.08. The first-order valence-electron chi connectivity index (χ1n) is 4.41. The summed E-state index contributed by atoms with van der Waals surface area (Å²) in [6.07, 6.45) is -0.120. The lowest BCUT2D eigenvalue weighted by Gasteiger charge is -2.14. The number of aliphatic hydroxyl groups is 1. The molecule has 0 heterocycles. The van der Waals surface area contributed by atoms with Crippen LogP contribution in [0.4, 0.5) is 0 Å². The molecule has 1 unspecified atom stereocenters. The van der Waals surface area contributed by atoms with Gasteiger partial charge in [-0.05, 0) is 19.0 Å². The second kappa shape index (κ2) is 5.20. The van der Waals surface area contributed by atoms with Crippen LogP contribution in [-0.4, -0.2) is 18.8 Å². The highest BCUT2D eigenvalue weighted by molar-refractivity contribution is 6.32. The highest BCUT2D eigenvalue weighted by Crippen LogP contribution is 2.33. The van der Waals surface area contributed by atoms with Gasteiger partial charge in [0.05, 0.1) is 18.2 Å². The maximum atomic E-state index is 9.74. The number of para-hydroxylation sites is 1. The molecule has 1 aromatic carbocycles. The molecule has 0 radical (unpaired) electrons. The molecule has 78 valence electrons. The second-order valence-corrected chi connectivity index (χ2v) is 3.36. The fourth-order valence-electron chi connectivity index (χ4n) is 1.32. The van der Waals surface area contributed by atoms with Crippen LogP contribution in [0.5, 0.6) is 5.75 Å². The van der Waals surface area contributed by atoms with Crippen molar-refractivity contribution in [3.63, 3.8) is 0 Å². The molecule has 0 saturated heterocycles. The van der Waals surface area contributed by atoms with Crippen molar-refractivity contribution in [2.24, 2.45) is 5.73 Å². The quantitative estimate of drug-likeness (QED) is 0.805. The Labute approximate surface area is 88.4 Å². The number of halogens is 1. The number of hydrogen-bond acceptors (Lipinski definition) is 3. The third-order valence-electron chi connectivity index (χ3n) is 2.00. The molecular formula is C10H14ClNO2. The third-order valence-corrected chi connectivity index (χ3v) is 2.30. The monoisotopic (exact) mass is 215 g/mol. The minimum absolute atomic E-state index is 0.427. The molecule has 0 aromatic heterocycles. The van der Waals surface area contributed by atoms with Crippen LogP contribution >= 0.6 is 11.6 Å². The van der Waals surface area contributed by atoms with E-state index in [2.05, 4.69) is 0 Å². The van der Waals surface area contributed by atoms with Gasteiger partial charge in [-0.3, -0.25) is 0 Å². The van der Waals surface area contributed by atoms with Crippen LogP contribution in [0.2, 0.25) is 5.02 Å². The molecule has 0 spiro atoms. The minimum atomic E-state index is -0.617. The summed E-state index contributed by atoms with van der Waals surface area (Å²) in [5.41, 5.74) is 6.05. The van der Waals surface area contributed by atoms with Crippen LogP contribution in [0.15, 0.2) is 18.2 Å². The molecule has 1 rings (SSSR count). The smallest absolute Gasteiger partial charge is 0.143 e. The molecular weight excluding hydrogens is 202 g/mol. The van der Waals surface area contributed by atoms with E-state index in [4.69, 9.17) is 22.1 Å². The Kier molecular flexibility index (Phi) is 4.20. The molecule has 1 atom stereocenters. The van der Waals surface area contributed by atoms with Gasteiger partial charge in [0.15, 0.2) is 0 Å². The maximum Gasteiger partial charge on any atom is 0.143 e. The van der Waals surface area contributed by atoms with Crippen LogP contribution in [0.3, 0.4) is 0 Å². The zero-order valence-electron chi connectivity index (χ0n) is 8.03. The molecule has 0 aliphatic heterocycles. The van der Waals surface area contributed by atoms with Crippen LogP contribution < -0.4 is 10.5 Å². The fraction of sp³-hybridized carbons (Fsp3) is 0.400. The first kappa shape index (κ1) is 11.3. The SMILES string of the molecule is COc1c(Cl)cccc1C(O)CCN. The maximum absolute atomic E-state index is 9.74. The lowest BCUT2D eigenvalue weighted by atomic mass is 10.1. The third kappa shape index (κ3) is 2.38. The van der Waals surface area contributed by atoms with Crippen molar-refractivity contribution >= 4 is 11.6 Å². The average Bonchev–Trinajstić information content (AvgIpc) is 2.17. The zero-order valence-corrected chi connectivity index (χ0v) is 8.79. The number of aliphatic hydroxyl groups excluding tert-OH is 1. The van der Waals surface area contributed by atoms with Crippen LogP contribution in [0.25, 0.3) is 0 Å². The number of hydrogen-bond donors (Lipinski definition) is 2. The summed E-state index contributed by atoms with van der Waals surface area (Å²) in [5.74, 6) is 0.523. The molecule has 0 amide bonds. The summed E-state index contributed by atoms with van der Waals surface area (Å²) >= 11 is 5.91. The number of methoxy groups -OCH3 is 1. The number of rotatable bonds is 4. The number of nitrogens with two attached hydrogens (primary N) is 1. The van der Waals surface area contributed by atoms with E-state index in [1.54, 1.807) is 18.2 Å². The summed E-state index contributed by atoms with van der Waals surface area (Å²) in [4.78, 5) is 0. The fourth-order valence-corrected chi connectivity index (χ4v) is 1.58. The van der Waals surface area contributed by atoms with Gasteiger partial charge in [-0.1, -0.05) is 23.7 Å². The van der Waals surface area contributed by atoms with Gasteiger partial charge in [-0.15, -0.1) is 0 Å². The minimum Gasteiger partial charge on any atom is -0.495 e. The van der Waals surface area contributed by atoms with E-state index in [1.807, 2.05) is 0 Å². The standard InChI is InChI=1S/C10H14ClNO2/c1-14-10-7(9(13)5-6-12)3-2-4-8(10)11/h2-4,9,13H,5-6,12H2,1H3. The summed E-state index contributed by atoms with van der Waals surface area (Å²) < 4.78 is 5.11. The molecule has 0 aliphatic rings. The first-order chi connectivity index (χ1) is 6.70. The van der Waals surface area contributed by atoms with Crippen LogP contribution in [-0.2, 0) is 0 Å². The van der Waals surface area contributed by atoms with Gasteiger partial charge in [-0.2, -0.15) is 0 Å². The van der Waals surface area contributed by atoms with Gasteiger partial charge < -0.3 is 15.6 Å². The van der Waals surface area contributed by atoms with E-state index in [-0.39, 0.29) is 0 Å². The van der Waals surface area contributed by atoms with Crippen molar-refractivity contribution in [3.8, 4) is 5.75 Å². The van der Waals surface area contributed by atoms with Crippen molar-refractivity contribution < 1.29 is 9.84 Å². The second-order valence-electron chi connectivity index (χ2n) is 2.96. The Bertz CT molecular complexity index is 304. The topological polar surface area (TPSA) is 55.5 Å². The van der Waals surface area contributed by atoms with Crippen molar-refractivity contribution in [2.75, 3.05) is 13.7 Å². The predicted octanol–water partition coefficient (Wildman–Crippen LogP) is 1.73. The Morgan fingerprint density at radius 2 is 2.29 bits per heavy atom. The molecule has 1 aromatic rings. The van der Waals surface area contributed by atoms with Crippen molar-refractivity contribution in [1.29, 1.82) is 0 Å². The average molecular weight is 216 g/mol. The first-order valence-corrected chi connectivity index (χ1v) is 4.79. The molecule has 0 bridgehead atoms. The Hall–Kier alpha value is -0.770. The Morgan fingerprint density at radius 1 is 1.57 bits per heavy atom. The summed E-state index contributed by atoms with van der Waals surface area (Å²) in [6.45, 7) is 0.427. The summed E-state index contributed by atoms with van der Waals surface area (Å²) in [5, 5.41) is 10.2. The molecule has 0 aliphatic carbocycles. The van der Waals surface area contributed by atoms with Crippen molar-refractivity contribution in [2.45, 2.75) is 12.5 Å². The largest absolute Gasteiger partial charge is 0.495 e. The van der Waals surface area contributed by atoms with Gasteiger partial charge in [0.2, 0.25) is 0 Å². The molecule has 3 N–H and O–H groups in total. The van der Waals surface area contributed by atoms with Gasteiger partial charge in [0.25, 0.3) is 0 Å². The van der Waals surface area contributed by atoms with Crippen molar-refractivity contribution in [1.82, 2.24) is 0 Å². The van der Waals surface area contributed by atoms with Crippen LogP contribution in [0, 0.1) is 0 Å². The lowest BCUT2D eigenvalue weighted by molar-refractivity contribution is 0.166. The normalized spacial score (nSPS) is 12.6. The molecule has 0 saturated carbocycles. The van der Waals surface area contributed by atoms with Gasteiger partial charge in [-0.25, -0.2) is 0 Å². The Balaban J connectivity index is 3.00. The highest BCUT2D eigenvalue weighted by Gasteiger charge is 2.14.